The van der Waals surface area contributed by atoms with Gasteiger partial charge in [0, 0.05) is 25.9 Å². The molecule has 0 aliphatic rings. The maximum Gasteiger partial charge on any atom is 0.306 e. The SMILES string of the molecule is CCCCCC/C=C\COC(=O)CCCCCCCCC(=O)CCCCCCCCO[Si](c1ccccc1)(c1ccccc1)C(C)(C)C. The van der Waals surface area contributed by atoms with Crippen LogP contribution in [0.4, 0.5) is 0 Å². The summed E-state index contributed by atoms with van der Waals surface area (Å²) in [6, 6.07) is 21.8. The van der Waals surface area contributed by atoms with Crippen LogP contribution >= 0.6 is 0 Å². The van der Waals surface area contributed by atoms with Gasteiger partial charge >= 0.3 is 5.97 Å². The molecular formula is C43H68O4Si. The van der Waals surface area contributed by atoms with Crippen molar-refractivity contribution < 1.29 is 18.8 Å². The number of hydrogen-bond donors (Lipinski definition) is 0. The Kier molecular flexibility index (Phi) is 22.1. The van der Waals surface area contributed by atoms with Gasteiger partial charge in [0.25, 0.3) is 8.32 Å². The Morgan fingerprint density at radius 2 is 1.08 bits per heavy atom. The van der Waals surface area contributed by atoms with Gasteiger partial charge in [0.15, 0.2) is 0 Å². The summed E-state index contributed by atoms with van der Waals surface area (Å²) in [5.41, 5.74) is 0. The number of rotatable bonds is 28. The van der Waals surface area contributed by atoms with Gasteiger partial charge in [-0.15, -0.1) is 0 Å². The zero-order chi connectivity index (χ0) is 34.8. The molecule has 0 aliphatic heterocycles. The first-order valence-corrected chi connectivity index (χ1v) is 21.3. The van der Waals surface area contributed by atoms with E-state index in [1.54, 1.807) is 0 Å². The number of carbonyl (C=O) groups excluding carboxylic acids is 2. The van der Waals surface area contributed by atoms with Crippen molar-refractivity contribution in [2.75, 3.05) is 13.2 Å². The molecule has 48 heavy (non-hydrogen) atoms. The van der Waals surface area contributed by atoms with E-state index in [-0.39, 0.29) is 11.0 Å². The Morgan fingerprint density at radius 1 is 0.604 bits per heavy atom. The molecule has 0 atom stereocenters. The molecule has 2 aromatic rings. The molecule has 0 aliphatic carbocycles. The Balaban J connectivity index is 1.47. The minimum atomic E-state index is -2.44. The summed E-state index contributed by atoms with van der Waals surface area (Å²) in [6.07, 6.45) is 25.3. The first-order chi connectivity index (χ1) is 23.3. The second kappa shape index (κ2) is 25.5. The van der Waals surface area contributed by atoms with Crippen LogP contribution in [0.2, 0.25) is 5.04 Å². The maximum atomic E-state index is 12.4. The van der Waals surface area contributed by atoms with Crippen LogP contribution in [-0.4, -0.2) is 33.3 Å². The first-order valence-electron chi connectivity index (χ1n) is 19.4. The Labute approximate surface area is 295 Å². The summed E-state index contributed by atoms with van der Waals surface area (Å²) >= 11 is 0. The van der Waals surface area contributed by atoms with Crippen LogP contribution in [0.3, 0.4) is 0 Å². The van der Waals surface area contributed by atoms with Gasteiger partial charge in [-0.3, -0.25) is 9.59 Å². The van der Waals surface area contributed by atoms with E-state index in [4.69, 9.17) is 9.16 Å². The molecule has 0 fully saturated rings. The number of ether oxygens (including phenoxy) is 1. The highest BCUT2D eigenvalue weighted by atomic mass is 28.4. The maximum absolute atomic E-state index is 12.4. The molecule has 5 heteroatoms. The largest absolute Gasteiger partial charge is 0.461 e. The predicted octanol–water partition coefficient (Wildman–Crippen LogP) is 11.1. The lowest BCUT2D eigenvalue weighted by atomic mass is 10.0. The Hall–Kier alpha value is -2.50. The highest BCUT2D eigenvalue weighted by Gasteiger charge is 2.49. The van der Waals surface area contributed by atoms with Crippen molar-refractivity contribution in [3.8, 4) is 0 Å². The number of Topliss-reactive ketones (excluding diaryl/α,β-unsaturated/α-hetero) is 1. The van der Waals surface area contributed by atoms with Crippen LogP contribution < -0.4 is 10.4 Å². The molecular weight excluding hydrogens is 609 g/mol. The minimum Gasteiger partial charge on any atom is -0.461 e. The minimum absolute atomic E-state index is 0.0178. The van der Waals surface area contributed by atoms with Crippen LogP contribution in [0.5, 0.6) is 0 Å². The van der Waals surface area contributed by atoms with Crippen molar-refractivity contribution in [1.29, 1.82) is 0 Å². The summed E-state index contributed by atoms with van der Waals surface area (Å²) in [5, 5.41) is 2.70. The topological polar surface area (TPSA) is 52.6 Å². The quantitative estimate of drug-likeness (QED) is 0.0389. The molecule has 0 unspecified atom stereocenters. The monoisotopic (exact) mass is 676 g/mol. The molecule has 0 saturated carbocycles. The molecule has 0 spiro atoms. The van der Waals surface area contributed by atoms with Crippen LogP contribution in [-0.2, 0) is 18.8 Å². The standard InChI is InChI=1S/C43H68O4Si/c1-5-6-7-8-12-17-28-37-46-42(45)36-27-16-10-9-14-21-30-39(44)31-22-15-11-13-18-29-38-47-48(43(2,3)4,40-32-23-19-24-33-40)41-34-25-20-26-35-41/h17,19-20,23-26,28,32-35H,5-16,18,21-22,27,29-31,36-38H2,1-4H3/b28-17-. The highest BCUT2D eigenvalue weighted by molar-refractivity contribution is 6.99. The number of allylic oxidation sites excluding steroid dienone is 1. The summed E-state index contributed by atoms with van der Waals surface area (Å²) in [5.74, 6) is 0.336. The average Bonchev–Trinajstić information content (AvgIpc) is 3.08. The first kappa shape index (κ1) is 41.7. The lowest BCUT2D eigenvalue weighted by molar-refractivity contribution is -0.142. The van der Waals surface area contributed by atoms with E-state index >= 15 is 0 Å². The van der Waals surface area contributed by atoms with Crippen LogP contribution in [0.25, 0.3) is 0 Å². The molecule has 0 saturated heterocycles. The van der Waals surface area contributed by atoms with E-state index in [1.165, 1.54) is 55.3 Å². The molecule has 4 nitrogen and oxygen atoms in total. The van der Waals surface area contributed by atoms with Gasteiger partial charge in [-0.05, 0) is 53.9 Å². The molecule has 0 aromatic heterocycles. The van der Waals surface area contributed by atoms with Gasteiger partial charge in [0.1, 0.15) is 12.4 Å². The Bertz CT molecular complexity index is 1080. The fraction of sp³-hybridized carbons (Fsp3) is 0.628. The van der Waals surface area contributed by atoms with Crippen LogP contribution in [0, 0.1) is 0 Å². The third-order valence-corrected chi connectivity index (χ3v) is 14.4. The molecule has 2 rings (SSSR count). The van der Waals surface area contributed by atoms with Crippen molar-refractivity contribution in [2.24, 2.45) is 0 Å². The van der Waals surface area contributed by atoms with Gasteiger partial charge in [0.2, 0.25) is 0 Å². The van der Waals surface area contributed by atoms with Gasteiger partial charge in [-0.25, -0.2) is 0 Å². The van der Waals surface area contributed by atoms with E-state index in [9.17, 15) is 9.59 Å². The summed E-state index contributed by atoms with van der Waals surface area (Å²) < 4.78 is 12.3. The normalized spacial score (nSPS) is 12.1. The predicted molar refractivity (Wildman–Crippen MR) is 207 cm³/mol. The fourth-order valence-corrected chi connectivity index (χ4v) is 11.2. The number of unbranched alkanes of at least 4 members (excludes halogenated alkanes) is 14. The van der Waals surface area contributed by atoms with E-state index in [0.29, 0.717) is 18.8 Å². The molecule has 0 bridgehead atoms. The number of benzene rings is 2. The smallest absolute Gasteiger partial charge is 0.306 e. The molecule has 0 amide bonds. The van der Waals surface area contributed by atoms with E-state index in [0.717, 1.165) is 83.7 Å². The summed E-state index contributed by atoms with van der Waals surface area (Å²) in [7, 11) is -2.44. The van der Waals surface area contributed by atoms with Crippen molar-refractivity contribution in [3.05, 3.63) is 72.8 Å². The lowest BCUT2D eigenvalue weighted by Gasteiger charge is -2.43. The lowest BCUT2D eigenvalue weighted by Crippen LogP contribution is -2.66. The van der Waals surface area contributed by atoms with Crippen molar-refractivity contribution in [3.63, 3.8) is 0 Å². The third-order valence-electron chi connectivity index (χ3n) is 9.40. The van der Waals surface area contributed by atoms with Crippen LogP contribution in [0.15, 0.2) is 72.8 Å². The third kappa shape index (κ3) is 16.7. The molecule has 0 radical (unpaired) electrons. The van der Waals surface area contributed by atoms with Gasteiger partial charge in [-0.1, -0.05) is 171 Å². The summed E-state index contributed by atoms with van der Waals surface area (Å²) in [6.45, 7) is 10.4. The van der Waals surface area contributed by atoms with E-state index in [1.807, 2.05) is 6.08 Å². The van der Waals surface area contributed by atoms with Gasteiger partial charge < -0.3 is 9.16 Å². The second-order valence-electron chi connectivity index (χ2n) is 14.5. The number of carbonyl (C=O) groups is 2. The highest BCUT2D eigenvalue weighted by Crippen LogP contribution is 2.36. The van der Waals surface area contributed by atoms with Crippen molar-refractivity contribution in [2.45, 2.75) is 161 Å². The number of hydrogen-bond acceptors (Lipinski definition) is 4. The molecule has 2 aromatic carbocycles. The summed E-state index contributed by atoms with van der Waals surface area (Å²) in [4.78, 5) is 24.2. The van der Waals surface area contributed by atoms with Crippen LogP contribution in [0.1, 0.15) is 156 Å². The number of esters is 1. The fourth-order valence-electron chi connectivity index (χ4n) is 6.63. The average molecular weight is 677 g/mol. The second-order valence-corrected chi connectivity index (χ2v) is 18.9. The van der Waals surface area contributed by atoms with E-state index < -0.39 is 8.32 Å². The molecule has 0 N–H and O–H groups in total. The van der Waals surface area contributed by atoms with Gasteiger partial charge in [-0.2, -0.15) is 0 Å². The zero-order valence-corrected chi connectivity index (χ0v) is 32.1. The van der Waals surface area contributed by atoms with E-state index in [2.05, 4.69) is 94.4 Å². The number of ketones is 1. The molecule has 0 heterocycles. The van der Waals surface area contributed by atoms with Gasteiger partial charge in [0.05, 0.1) is 0 Å². The van der Waals surface area contributed by atoms with Crippen molar-refractivity contribution in [1.82, 2.24) is 0 Å². The Morgan fingerprint density at radius 3 is 1.60 bits per heavy atom. The van der Waals surface area contributed by atoms with Crippen molar-refractivity contribution >= 4 is 30.4 Å². The zero-order valence-electron chi connectivity index (χ0n) is 31.1. The molecule has 268 valence electrons.